The topological polar surface area (TPSA) is 209 Å². The predicted molar refractivity (Wildman–Crippen MR) is 82.0 cm³/mol. The molecule has 0 amide bonds. The van der Waals surface area contributed by atoms with Crippen LogP contribution in [0.25, 0.3) is 11.2 Å². The zero-order chi connectivity index (χ0) is 18.5. The third kappa shape index (κ3) is 4.20. The fourth-order valence-corrected chi connectivity index (χ4v) is 3.33. The maximum absolute atomic E-state index is 11.9. The van der Waals surface area contributed by atoms with Crippen LogP contribution in [0.4, 0.5) is 5.95 Å². The smallest absolute Gasteiger partial charge is 0.756 e. The summed E-state index contributed by atoms with van der Waals surface area (Å²) in [6.45, 7) is -0.730. The number of aromatic amines is 1. The summed E-state index contributed by atoms with van der Waals surface area (Å²) < 4.78 is 21.5. The van der Waals surface area contributed by atoms with Gasteiger partial charge in [-0.05, 0) is 15.9 Å². The monoisotopic (exact) mass is 463 g/mol. The second-order valence-corrected chi connectivity index (χ2v) is 7.09. The molecule has 0 aliphatic carbocycles. The van der Waals surface area contributed by atoms with Gasteiger partial charge in [0.15, 0.2) is 22.1 Å². The Morgan fingerprint density at radius 2 is 2.08 bits per heavy atom. The molecule has 13 nitrogen and oxygen atoms in total. The van der Waals surface area contributed by atoms with Crippen LogP contribution in [-0.2, 0) is 13.8 Å². The summed E-state index contributed by atoms with van der Waals surface area (Å²) in [7, 11) is -5.03. The van der Waals surface area contributed by atoms with Crippen molar-refractivity contribution >= 4 is 40.9 Å². The first-order chi connectivity index (χ1) is 11.6. The van der Waals surface area contributed by atoms with Gasteiger partial charge in [-0.1, -0.05) is 0 Å². The number of nitrogens with two attached hydrogens (primary N) is 1. The van der Waals surface area contributed by atoms with Crippen molar-refractivity contribution in [2.45, 2.75) is 24.5 Å². The van der Waals surface area contributed by atoms with E-state index >= 15 is 0 Å². The first-order valence-electron chi connectivity index (χ1n) is 6.71. The van der Waals surface area contributed by atoms with E-state index in [0.29, 0.717) is 0 Å². The third-order valence-corrected chi connectivity index (χ3v) is 4.55. The molecule has 1 aliphatic heterocycles. The number of phosphoric ester groups is 1. The Morgan fingerprint density at radius 3 is 2.69 bits per heavy atom. The van der Waals surface area contributed by atoms with Crippen LogP contribution in [0.5, 0.6) is 0 Å². The molecule has 0 aromatic carbocycles. The van der Waals surface area contributed by atoms with Crippen molar-refractivity contribution in [1.29, 1.82) is 0 Å². The Bertz CT molecular complexity index is 917. The van der Waals surface area contributed by atoms with Gasteiger partial charge in [0, 0.05) is 0 Å². The SMILES string of the molecule is Nc1nc2c(nc(Br)n2[C@H]2O[C@@H](COP(=O)([O-])O)[C@H](O)[C@@H]2O)c(=O)[nH]1.[Na+]. The summed E-state index contributed by atoms with van der Waals surface area (Å²) in [4.78, 5) is 41.3. The molecule has 0 bridgehead atoms. The Hall–Kier alpha value is -0.380. The second kappa shape index (κ2) is 7.93. The van der Waals surface area contributed by atoms with Crippen LogP contribution in [0.3, 0.4) is 0 Å². The molecule has 3 heterocycles. The number of phosphoric acid groups is 1. The van der Waals surface area contributed by atoms with E-state index in [2.05, 4.69) is 35.4 Å². The number of H-pyrrole nitrogens is 1. The first-order valence-corrected chi connectivity index (χ1v) is 9.00. The number of fused-ring (bicyclic) bond motifs is 1. The summed E-state index contributed by atoms with van der Waals surface area (Å²) >= 11 is 3.10. The predicted octanol–water partition coefficient (Wildman–Crippen LogP) is -5.44. The number of anilines is 1. The van der Waals surface area contributed by atoms with Gasteiger partial charge in [0.1, 0.15) is 18.3 Å². The standard InChI is InChI=1S/C10H13BrN5O8P.Na/c11-9-13-3-6(14-10(12)15-7(3)19)16(9)8-5(18)4(17)2(24-8)1-23-25(20,21)22;/h2,4-5,8,17-18H,1H2,(H2,20,21,22)(H3,12,14,15,19);/q;+1/p-1/t2-,4-,5-,8-;/m0./s1. The van der Waals surface area contributed by atoms with Crippen LogP contribution in [0.2, 0.25) is 0 Å². The molecule has 1 unspecified atom stereocenters. The summed E-state index contributed by atoms with van der Waals surface area (Å²) in [5.74, 6) is -0.202. The minimum absolute atomic E-state index is 0. The van der Waals surface area contributed by atoms with E-state index < -0.39 is 44.5 Å². The fraction of sp³-hybridized carbons (Fsp3) is 0.500. The van der Waals surface area contributed by atoms with Crippen LogP contribution in [-0.4, -0.2) is 59.5 Å². The third-order valence-electron chi connectivity index (χ3n) is 3.52. The van der Waals surface area contributed by atoms with E-state index in [1.165, 1.54) is 4.57 Å². The number of hydrogen-bond acceptors (Lipinski definition) is 10. The molecular weight excluding hydrogens is 452 g/mol. The van der Waals surface area contributed by atoms with Gasteiger partial charge in [-0.25, -0.2) is 4.98 Å². The maximum Gasteiger partial charge on any atom is 1.00 e. The van der Waals surface area contributed by atoms with Crippen molar-refractivity contribution in [3.05, 3.63) is 15.1 Å². The summed E-state index contributed by atoms with van der Waals surface area (Å²) in [6.07, 6.45) is -5.63. The second-order valence-electron chi connectivity index (χ2n) is 5.18. The summed E-state index contributed by atoms with van der Waals surface area (Å²) in [5, 5.41) is 20.2. The molecule has 1 aliphatic rings. The molecule has 3 rings (SSSR count). The minimum atomic E-state index is -5.03. The quantitative estimate of drug-likeness (QED) is 0.164. The van der Waals surface area contributed by atoms with Gasteiger partial charge in [-0.3, -0.25) is 18.9 Å². The number of ether oxygens (including phenoxy) is 1. The molecule has 138 valence electrons. The molecule has 1 saturated heterocycles. The molecule has 5 atom stereocenters. The van der Waals surface area contributed by atoms with Crippen LogP contribution >= 0.6 is 23.8 Å². The number of nitrogens with zero attached hydrogens (tertiary/aromatic N) is 3. The van der Waals surface area contributed by atoms with E-state index in [0.717, 1.165) is 0 Å². The van der Waals surface area contributed by atoms with Crippen LogP contribution < -0.4 is 45.7 Å². The van der Waals surface area contributed by atoms with E-state index in [1.54, 1.807) is 0 Å². The van der Waals surface area contributed by atoms with Gasteiger partial charge in [-0.2, -0.15) is 4.98 Å². The van der Waals surface area contributed by atoms with Crippen molar-refractivity contribution in [3.63, 3.8) is 0 Å². The minimum Gasteiger partial charge on any atom is -0.756 e. The van der Waals surface area contributed by atoms with Crippen LogP contribution in [0.1, 0.15) is 6.23 Å². The summed E-state index contributed by atoms with van der Waals surface area (Å²) in [5.41, 5.74) is 4.76. The molecule has 0 radical (unpaired) electrons. The van der Waals surface area contributed by atoms with Gasteiger partial charge < -0.3 is 35.0 Å². The Kier molecular flexibility index (Phi) is 6.68. The summed E-state index contributed by atoms with van der Waals surface area (Å²) in [6, 6.07) is 0. The molecule has 26 heavy (non-hydrogen) atoms. The Balaban J connectivity index is 0.00000243. The van der Waals surface area contributed by atoms with Crippen molar-refractivity contribution < 1.29 is 63.4 Å². The number of halogens is 1. The average Bonchev–Trinajstić information content (AvgIpc) is 2.95. The van der Waals surface area contributed by atoms with Gasteiger partial charge in [-0.15, -0.1) is 0 Å². The molecule has 0 spiro atoms. The first kappa shape index (κ1) is 21.9. The molecule has 2 aromatic rings. The number of nitrogen functional groups attached to an aromatic ring is 1. The van der Waals surface area contributed by atoms with Crippen LogP contribution in [0, 0.1) is 0 Å². The van der Waals surface area contributed by atoms with E-state index in [1.807, 2.05) is 0 Å². The number of aliphatic hydroxyl groups excluding tert-OH is 2. The zero-order valence-electron chi connectivity index (χ0n) is 13.1. The molecule has 6 N–H and O–H groups in total. The van der Waals surface area contributed by atoms with Crippen molar-refractivity contribution in [1.82, 2.24) is 19.5 Å². The van der Waals surface area contributed by atoms with E-state index in [-0.39, 0.29) is 51.4 Å². The van der Waals surface area contributed by atoms with E-state index in [9.17, 15) is 24.5 Å². The van der Waals surface area contributed by atoms with Crippen molar-refractivity contribution in [2.24, 2.45) is 0 Å². The number of nitrogens with one attached hydrogen (secondary N) is 1. The number of aromatic nitrogens is 4. The van der Waals surface area contributed by atoms with Crippen LogP contribution in [0.15, 0.2) is 9.53 Å². The number of aliphatic hydroxyl groups is 2. The Morgan fingerprint density at radius 1 is 1.42 bits per heavy atom. The number of imidazole rings is 1. The molecular formula is C10H12BrN5NaO8P. The van der Waals surface area contributed by atoms with Gasteiger partial charge in [0.05, 0.1) is 6.61 Å². The number of rotatable bonds is 4. The molecule has 0 saturated carbocycles. The van der Waals surface area contributed by atoms with Gasteiger partial charge in [0.25, 0.3) is 13.4 Å². The molecule has 2 aromatic heterocycles. The zero-order valence-corrected chi connectivity index (χ0v) is 17.6. The largest absolute Gasteiger partial charge is 1.00 e. The molecule has 16 heteroatoms. The molecule has 1 fully saturated rings. The Labute approximate surface area is 175 Å². The average molecular weight is 464 g/mol. The maximum atomic E-state index is 11.9. The van der Waals surface area contributed by atoms with Gasteiger partial charge >= 0.3 is 29.6 Å². The fourth-order valence-electron chi connectivity index (χ4n) is 2.45. The number of hydrogen-bond donors (Lipinski definition) is 5. The normalized spacial score (nSPS) is 28.0. The van der Waals surface area contributed by atoms with Gasteiger partial charge in [0.2, 0.25) is 5.95 Å². The van der Waals surface area contributed by atoms with Crippen molar-refractivity contribution in [2.75, 3.05) is 12.3 Å². The van der Waals surface area contributed by atoms with Crippen molar-refractivity contribution in [3.8, 4) is 0 Å². The van der Waals surface area contributed by atoms with E-state index in [4.69, 9.17) is 15.4 Å².